The lowest BCUT2D eigenvalue weighted by atomic mass is 10.3. The van der Waals surface area contributed by atoms with Crippen LogP contribution < -0.4 is 10.6 Å². The van der Waals surface area contributed by atoms with Gasteiger partial charge in [-0.15, -0.1) is 0 Å². The van der Waals surface area contributed by atoms with E-state index in [0.29, 0.717) is 0 Å². The first-order valence-corrected chi connectivity index (χ1v) is 3.88. The molecular formula is C7H8N2O7. The molecule has 1 heterocycles. The van der Waals surface area contributed by atoms with Crippen LogP contribution >= 0.6 is 0 Å². The third-order valence-electron chi connectivity index (χ3n) is 1.13. The zero-order valence-corrected chi connectivity index (χ0v) is 7.85. The summed E-state index contributed by atoms with van der Waals surface area (Å²) in [5, 5.41) is 19.2. The molecule has 4 amide bonds. The van der Waals surface area contributed by atoms with Gasteiger partial charge in [-0.2, -0.15) is 0 Å². The molecule has 0 unspecified atom stereocenters. The summed E-state index contributed by atoms with van der Waals surface area (Å²) >= 11 is 0. The summed E-state index contributed by atoms with van der Waals surface area (Å²) in [5.74, 6) is -3.73. The molecule has 1 aliphatic rings. The van der Waals surface area contributed by atoms with Crippen molar-refractivity contribution in [2.75, 3.05) is 0 Å². The predicted octanol–water partition coefficient (Wildman–Crippen LogP) is -1.71. The molecule has 0 saturated carbocycles. The third-order valence-corrected chi connectivity index (χ3v) is 1.13. The lowest BCUT2D eigenvalue weighted by Crippen LogP contribution is -2.49. The average Bonchev–Trinajstić information content (AvgIpc) is 1.97. The second kappa shape index (κ2) is 6.11. The number of urea groups is 1. The van der Waals surface area contributed by atoms with Gasteiger partial charge in [-0.1, -0.05) is 0 Å². The Bertz CT molecular complexity index is 291. The number of hydrogen-bond acceptors (Lipinski definition) is 5. The minimum absolute atomic E-state index is 0.258. The Morgan fingerprint density at radius 1 is 1.00 bits per heavy atom. The molecule has 0 spiro atoms. The predicted molar refractivity (Wildman–Crippen MR) is 46.2 cm³/mol. The fourth-order valence-corrected chi connectivity index (χ4v) is 0.648. The Labute approximate surface area is 88.4 Å². The van der Waals surface area contributed by atoms with E-state index in [0.717, 1.165) is 0 Å². The van der Waals surface area contributed by atoms with Crippen LogP contribution in [-0.4, -0.2) is 40.0 Å². The first kappa shape index (κ1) is 13.5. The van der Waals surface area contributed by atoms with Crippen molar-refractivity contribution in [3.05, 3.63) is 0 Å². The highest BCUT2D eigenvalue weighted by Crippen LogP contribution is 1.85. The van der Waals surface area contributed by atoms with E-state index in [1.165, 1.54) is 0 Å². The van der Waals surface area contributed by atoms with Gasteiger partial charge < -0.3 is 10.2 Å². The van der Waals surface area contributed by atoms with Crippen molar-refractivity contribution in [1.82, 2.24) is 10.6 Å². The van der Waals surface area contributed by atoms with Gasteiger partial charge in [0.25, 0.3) is 0 Å². The van der Waals surface area contributed by atoms with Crippen molar-refractivity contribution in [3.63, 3.8) is 0 Å². The van der Waals surface area contributed by atoms with Crippen molar-refractivity contribution in [3.8, 4) is 0 Å². The maximum absolute atomic E-state index is 10.3. The summed E-state index contributed by atoms with van der Waals surface area (Å²) in [7, 11) is 0. The van der Waals surface area contributed by atoms with Crippen LogP contribution in [0.2, 0.25) is 0 Å². The van der Waals surface area contributed by atoms with Crippen LogP contribution in [0.3, 0.4) is 0 Å². The highest BCUT2D eigenvalue weighted by Gasteiger charge is 2.20. The Balaban J connectivity index is 0.000000293. The van der Waals surface area contributed by atoms with E-state index in [2.05, 4.69) is 0 Å². The molecule has 9 nitrogen and oxygen atoms in total. The van der Waals surface area contributed by atoms with Gasteiger partial charge in [0.1, 0.15) is 12.8 Å². The van der Waals surface area contributed by atoms with E-state index >= 15 is 0 Å². The maximum atomic E-state index is 10.3. The summed E-state index contributed by atoms with van der Waals surface area (Å²) in [6.45, 7) is 0. The Hall–Kier alpha value is -2.45. The van der Waals surface area contributed by atoms with Gasteiger partial charge in [-0.3, -0.25) is 29.8 Å². The molecular weight excluding hydrogens is 224 g/mol. The van der Waals surface area contributed by atoms with Gasteiger partial charge in [-0.05, 0) is 0 Å². The molecule has 0 aromatic rings. The maximum Gasteiger partial charge on any atom is 0.328 e. The zero-order chi connectivity index (χ0) is 12.7. The smallest absolute Gasteiger partial charge is 0.328 e. The standard InChI is InChI=1S/C4H4N2O3.C3H4O4/c7-2-1-3(8)6-4(9)5-2;4-2(5)1-3(6)7/h1H2,(H2,5,6,7,8,9);1H2,(H,4,5)(H,6,7). The number of amides is 4. The fraction of sp³-hybridized carbons (Fsp3) is 0.286. The molecule has 1 saturated heterocycles. The molecule has 1 aliphatic heterocycles. The number of carbonyl (C=O) groups is 5. The van der Waals surface area contributed by atoms with Crippen LogP contribution in [0.25, 0.3) is 0 Å². The molecule has 0 bridgehead atoms. The van der Waals surface area contributed by atoms with Crippen molar-refractivity contribution < 1.29 is 34.2 Å². The number of carboxylic acids is 2. The number of carbonyl (C=O) groups excluding carboxylic acids is 3. The Morgan fingerprint density at radius 3 is 1.56 bits per heavy atom. The molecule has 0 aromatic carbocycles. The lowest BCUT2D eigenvalue weighted by molar-refractivity contribution is -0.147. The number of rotatable bonds is 2. The lowest BCUT2D eigenvalue weighted by Gasteiger charge is -2.09. The minimum Gasteiger partial charge on any atom is -0.481 e. The monoisotopic (exact) mass is 232 g/mol. The summed E-state index contributed by atoms with van der Waals surface area (Å²) in [6, 6.07) is -0.740. The highest BCUT2D eigenvalue weighted by atomic mass is 16.4. The first-order valence-electron chi connectivity index (χ1n) is 3.88. The van der Waals surface area contributed by atoms with Gasteiger partial charge in [0.15, 0.2) is 0 Å². The average molecular weight is 232 g/mol. The molecule has 0 aromatic heterocycles. The fourth-order valence-electron chi connectivity index (χ4n) is 0.648. The number of barbiturate groups is 1. The van der Waals surface area contributed by atoms with Gasteiger partial charge in [0.2, 0.25) is 11.8 Å². The third kappa shape index (κ3) is 7.00. The van der Waals surface area contributed by atoms with Crippen LogP contribution in [0.5, 0.6) is 0 Å². The minimum atomic E-state index is -1.31. The normalized spacial score (nSPS) is 14.1. The molecule has 9 heteroatoms. The van der Waals surface area contributed by atoms with Crippen molar-refractivity contribution in [2.45, 2.75) is 12.8 Å². The summed E-state index contributed by atoms with van der Waals surface area (Å²) in [4.78, 5) is 49.7. The number of nitrogens with one attached hydrogen (secondary N) is 2. The van der Waals surface area contributed by atoms with Gasteiger partial charge in [-0.25, -0.2) is 4.79 Å². The molecule has 1 fully saturated rings. The SMILES string of the molecule is O=C(O)CC(=O)O.O=C1CC(=O)NC(=O)N1. The number of hydrogen-bond donors (Lipinski definition) is 4. The molecule has 88 valence electrons. The number of carboxylic acid groups (broad SMARTS) is 2. The molecule has 0 atom stereocenters. The van der Waals surface area contributed by atoms with Crippen molar-refractivity contribution in [1.29, 1.82) is 0 Å². The van der Waals surface area contributed by atoms with Crippen LogP contribution in [0.1, 0.15) is 12.8 Å². The second-order valence-electron chi connectivity index (χ2n) is 2.57. The van der Waals surface area contributed by atoms with Gasteiger partial charge in [0.05, 0.1) is 0 Å². The molecule has 1 rings (SSSR count). The van der Waals surface area contributed by atoms with E-state index < -0.39 is 36.2 Å². The molecule has 0 radical (unpaired) electrons. The van der Waals surface area contributed by atoms with Gasteiger partial charge >= 0.3 is 18.0 Å². The molecule has 0 aliphatic carbocycles. The zero-order valence-electron chi connectivity index (χ0n) is 7.85. The Morgan fingerprint density at radius 2 is 1.38 bits per heavy atom. The number of aliphatic carboxylic acids is 2. The summed E-state index contributed by atoms with van der Waals surface area (Å²) in [5.41, 5.74) is 0. The molecule has 4 N–H and O–H groups in total. The topological polar surface area (TPSA) is 150 Å². The van der Waals surface area contributed by atoms with E-state index in [4.69, 9.17) is 10.2 Å². The van der Waals surface area contributed by atoms with Crippen molar-refractivity contribution in [2.24, 2.45) is 0 Å². The van der Waals surface area contributed by atoms with Crippen LogP contribution in [0.15, 0.2) is 0 Å². The van der Waals surface area contributed by atoms with Gasteiger partial charge in [0, 0.05) is 0 Å². The van der Waals surface area contributed by atoms with E-state index in [1.54, 1.807) is 0 Å². The molecule has 16 heavy (non-hydrogen) atoms. The number of imide groups is 2. The Kier molecular flexibility index (Phi) is 5.18. The second-order valence-corrected chi connectivity index (χ2v) is 2.57. The quantitative estimate of drug-likeness (QED) is 0.414. The highest BCUT2D eigenvalue weighted by molar-refractivity contribution is 6.14. The largest absolute Gasteiger partial charge is 0.481 e. The van der Waals surface area contributed by atoms with E-state index in [1.807, 2.05) is 10.6 Å². The van der Waals surface area contributed by atoms with Crippen molar-refractivity contribution >= 4 is 29.8 Å². The van der Waals surface area contributed by atoms with E-state index in [-0.39, 0.29) is 6.42 Å². The summed E-state index contributed by atoms with van der Waals surface area (Å²) < 4.78 is 0. The van der Waals surface area contributed by atoms with Crippen LogP contribution in [0, 0.1) is 0 Å². The summed E-state index contributed by atoms with van der Waals surface area (Å²) in [6.07, 6.45) is -1.06. The van der Waals surface area contributed by atoms with E-state index in [9.17, 15) is 24.0 Å². The van der Waals surface area contributed by atoms with Crippen LogP contribution in [0.4, 0.5) is 4.79 Å². The first-order chi connectivity index (χ1) is 7.31. The van der Waals surface area contributed by atoms with Crippen LogP contribution in [-0.2, 0) is 19.2 Å².